The summed E-state index contributed by atoms with van der Waals surface area (Å²) in [7, 11) is 0. The Kier molecular flexibility index (Phi) is 4.66. The fourth-order valence-electron chi connectivity index (χ4n) is 2.00. The van der Waals surface area contributed by atoms with Gasteiger partial charge in [-0.1, -0.05) is 29.8 Å². The van der Waals surface area contributed by atoms with Gasteiger partial charge in [-0.3, -0.25) is 9.78 Å². The van der Waals surface area contributed by atoms with Gasteiger partial charge in [-0.25, -0.2) is 4.98 Å². The van der Waals surface area contributed by atoms with Crippen molar-refractivity contribution in [2.45, 2.75) is 6.61 Å². The standard InChI is InChI=1S/C16H12ClN3O2S/c17-12-4-2-1-3-11(12)16-19-8-14(23-16)15(22)20-13-7-18-6-5-10(13)9-21/h1-8,21H,9H2,(H,20,22). The van der Waals surface area contributed by atoms with Crippen LogP contribution in [0.25, 0.3) is 10.6 Å². The zero-order chi connectivity index (χ0) is 16.2. The number of hydrogen-bond donors (Lipinski definition) is 2. The Morgan fingerprint density at radius 3 is 2.87 bits per heavy atom. The van der Waals surface area contributed by atoms with Crippen LogP contribution >= 0.6 is 22.9 Å². The van der Waals surface area contributed by atoms with Gasteiger partial charge in [0.1, 0.15) is 9.88 Å². The third kappa shape index (κ3) is 3.39. The van der Waals surface area contributed by atoms with Gasteiger partial charge in [0.25, 0.3) is 5.91 Å². The maximum Gasteiger partial charge on any atom is 0.267 e. The fraction of sp³-hybridized carbons (Fsp3) is 0.0625. The number of pyridine rings is 1. The average molecular weight is 346 g/mol. The number of hydrogen-bond acceptors (Lipinski definition) is 5. The molecule has 2 aromatic heterocycles. The van der Waals surface area contributed by atoms with Crippen LogP contribution in [0, 0.1) is 0 Å². The second kappa shape index (κ2) is 6.87. The molecule has 0 aliphatic heterocycles. The summed E-state index contributed by atoms with van der Waals surface area (Å²) in [5, 5.41) is 13.3. The van der Waals surface area contributed by atoms with E-state index in [1.54, 1.807) is 18.3 Å². The Morgan fingerprint density at radius 2 is 2.09 bits per heavy atom. The number of nitrogens with one attached hydrogen (secondary N) is 1. The number of thiazole rings is 1. The first-order chi connectivity index (χ1) is 11.2. The lowest BCUT2D eigenvalue weighted by Gasteiger charge is -2.07. The fourth-order valence-corrected chi connectivity index (χ4v) is 3.13. The van der Waals surface area contributed by atoms with Crippen molar-refractivity contribution in [3.05, 3.63) is 64.4 Å². The topological polar surface area (TPSA) is 75.1 Å². The Morgan fingerprint density at radius 1 is 1.26 bits per heavy atom. The summed E-state index contributed by atoms with van der Waals surface area (Å²) >= 11 is 7.40. The van der Waals surface area contributed by atoms with Gasteiger partial charge in [-0.05, 0) is 12.1 Å². The Bertz CT molecular complexity index is 851. The summed E-state index contributed by atoms with van der Waals surface area (Å²) in [5.74, 6) is -0.302. The number of carbonyl (C=O) groups is 1. The molecule has 0 saturated heterocycles. The minimum absolute atomic E-state index is 0.175. The number of aliphatic hydroxyl groups is 1. The first kappa shape index (κ1) is 15.6. The molecule has 0 bridgehead atoms. The van der Waals surface area contributed by atoms with E-state index in [9.17, 15) is 9.90 Å². The van der Waals surface area contributed by atoms with Gasteiger partial charge in [0, 0.05) is 17.3 Å². The normalized spacial score (nSPS) is 10.5. The highest BCUT2D eigenvalue weighted by molar-refractivity contribution is 7.17. The molecular formula is C16H12ClN3O2S. The molecule has 0 aliphatic carbocycles. The Balaban J connectivity index is 1.83. The minimum atomic E-state index is -0.302. The molecule has 116 valence electrons. The van der Waals surface area contributed by atoms with Gasteiger partial charge in [-0.2, -0.15) is 0 Å². The summed E-state index contributed by atoms with van der Waals surface area (Å²) in [6, 6.07) is 8.99. The first-order valence-electron chi connectivity index (χ1n) is 6.75. The number of aliphatic hydroxyl groups excluding tert-OH is 1. The molecule has 23 heavy (non-hydrogen) atoms. The van der Waals surface area contributed by atoms with E-state index in [1.807, 2.05) is 18.2 Å². The third-order valence-corrected chi connectivity index (χ3v) is 4.52. The largest absolute Gasteiger partial charge is 0.392 e. The number of halogens is 1. The maximum absolute atomic E-state index is 12.3. The zero-order valence-electron chi connectivity index (χ0n) is 11.9. The molecule has 0 aliphatic rings. The third-order valence-electron chi connectivity index (χ3n) is 3.16. The van der Waals surface area contributed by atoms with Crippen molar-refractivity contribution in [1.82, 2.24) is 9.97 Å². The van der Waals surface area contributed by atoms with Gasteiger partial charge in [0.2, 0.25) is 0 Å². The lowest BCUT2D eigenvalue weighted by Crippen LogP contribution is -2.12. The molecule has 2 heterocycles. The van der Waals surface area contributed by atoms with E-state index in [0.29, 0.717) is 26.2 Å². The van der Waals surface area contributed by atoms with Crippen molar-refractivity contribution >= 4 is 34.5 Å². The van der Waals surface area contributed by atoms with E-state index in [-0.39, 0.29) is 12.5 Å². The van der Waals surface area contributed by atoms with Crippen LogP contribution in [0.3, 0.4) is 0 Å². The molecule has 0 unspecified atom stereocenters. The second-order valence-electron chi connectivity index (χ2n) is 4.65. The molecule has 1 aromatic carbocycles. The van der Waals surface area contributed by atoms with E-state index in [2.05, 4.69) is 15.3 Å². The number of rotatable bonds is 4. The quantitative estimate of drug-likeness (QED) is 0.757. The Hall–Kier alpha value is -2.28. The van der Waals surface area contributed by atoms with Crippen LogP contribution in [0.2, 0.25) is 5.02 Å². The van der Waals surface area contributed by atoms with E-state index in [1.165, 1.54) is 23.7 Å². The first-order valence-corrected chi connectivity index (χ1v) is 7.94. The van der Waals surface area contributed by atoms with Crippen molar-refractivity contribution in [3.63, 3.8) is 0 Å². The van der Waals surface area contributed by atoms with Gasteiger partial charge in [-0.15, -0.1) is 11.3 Å². The van der Waals surface area contributed by atoms with Crippen molar-refractivity contribution in [1.29, 1.82) is 0 Å². The molecule has 7 heteroatoms. The molecule has 0 spiro atoms. The van der Waals surface area contributed by atoms with Crippen LogP contribution in [0.5, 0.6) is 0 Å². The van der Waals surface area contributed by atoms with Crippen LogP contribution < -0.4 is 5.32 Å². The van der Waals surface area contributed by atoms with E-state index >= 15 is 0 Å². The maximum atomic E-state index is 12.3. The molecule has 5 nitrogen and oxygen atoms in total. The number of aromatic nitrogens is 2. The molecular weight excluding hydrogens is 334 g/mol. The summed E-state index contributed by atoms with van der Waals surface area (Å²) in [5.41, 5.74) is 1.87. The number of benzene rings is 1. The van der Waals surface area contributed by atoms with Crippen LogP contribution in [0.1, 0.15) is 15.2 Å². The van der Waals surface area contributed by atoms with Gasteiger partial charge < -0.3 is 10.4 Å². The summed E-state index contributed by atoms with van der Waals surface area (Å²) in [6.45, 7) is -0.175. The van der Waals surface area contributed by atoms with Crippen LogP contribution in [-0.2, 0) is 6.61 Å². The highest BCUT2D eigenvalue weighted by Gasteiger charge is 2.14. The molecule has 1 amide bonds. The molecule has 0 saturated carbocycles. The monoisotopic (exact) mass is 345 g/mol. The minimum Gasteiger partial charge on any atom is -0.392 e. The van der Waals surface area contributed by atoms with Gasteiger partial charge in [0.05, 0.1) is 29.7 Å². The molecule has 0 radical (unpaired) electrons. The lowest BCUT2D eigenvalue weighted by molar-refractivity contribution is 0.103. The van der Waals surface area contributed by atoms with Crippen LogP contribution in [0.15, 0.2) is 48.9 Å². The molecule has 0 fully saturated rings. The number of anilines is 1. The average Bonchev–Trinajstić information content (AvgIpc) is 3.05. The second-order valence-corrected chi connectivity index (χ2v) is 6.09. The van der Waals surface area contributed by atoms with E-state index < -0.39 is 0 Å². The molecule has 0 atom stereocenters. The van der Waals surface area contributed by atoms with Crippen LogP contribution in [0.4, 0.5) is 5.69 Å². The Labute approximate surface area is 141 Å². The van der Waals surface area contributed by atoms with Crippen molar-refractivity contribution in [3.8, 4) is 10.6 Å². The highest BCUT2D eigenvalue weighted by Crippen LogP contribution is 2.31. The van der Waals surface area contributed by atoms with Gasteiger partial charge >= 0.3 is 0 Å². The number of amides is 1. The highest BCUT2D eigenvalue weighted by atomic mass is 35.5. The molecule has 2 N–H and O–H groups in total. The summed E-state index contributed by atoms with van der Waals surface area (Å²) in [6.07, 6.45) is 4.57. The summed E-state index contributed by atoms with van der Waals surface area (Å²) in [4.78, 5) is 21.0. The number of carbonyl (C=O) groups excluding carboxylic acids is 1. The van der Waals surface area contributed by atoms with E-state index in [0.717, 1.165) is 5.56 Å². The van der Waals surface area contributed by atoms with E-state index in [4.69, 9.17) is 11.6 Å². The van der Waals surface area contributed by atoms with Gasteiger partial charge in [0.15, 0.2) is 0 Å². The number of nitrogens with zero attached hydrogens (tertiary/aromatic N) is 2. The molecule has 3 rings (SSSR count). The summed E-state index contributed by atoms with van der Waals surface area (Å²) < 4.78 is 0. The van der Waals surface area contributed by atoms with Crippen molar-refractivity contribution < 1.29 is 9.90 Å². The SMILES string of the molecule is O=C(Nc1cnccc1CO)c1cnc(-c2ccccc2Cl)s1. The molecule has 3 aromatic rings. The zero-order valence-corrected chi connectivity index (χ0v) is 13.4. The lowest BCUT2D eigenvalue weighted by atomic mass is 10.2. The smallest absolute Gasteiger partial charge is 0.267 e. The predicted octanol–water partition coefficient (Wildman–Crippen LogP) is 3.60. The van der Waals surface area contributed by atoms with Crippen molar-refractivity contribution in [2.24, 2.45) is 0 Å². The van der Waals surface area contributed by atoms with Crippen LogP contribution in [-0.4, -0.2) is 21.0 Å². The predicted molar refractivity (Wildman–Crippen MR) is 90.7 cm³/mol. The van der Waals surface area contributed by atoms with Crippen molar-refractivity contribution in [2.75, 3.05) is 5.32 Å².